The molecule has 2 heterocycles. The van der Waals surface area contributed by atoms with E-state index in [0.29, 0.717) is 0 Å². The van der Waals surface area contributed by atoms with Crippen LogP contribution in [0.5, 0.6) is 0 Å². The van der Waals surface area contributed by atoms with Crippen LogP contribution in [-0.4, -0.2) is 32.3 Å². The molecule has 0 spiro atoms. The van der Waals surface area contributed by atoms with Gasteiger partial charge < -0.3 is 5.11 Å². The third-order valence-electron chi connectivity index (χ3n) is 2.51. The number of rotatable bonds is 2. The van der Waals surface area contributed by atoms with Crippen molar-refractivity contribution in [3.63, 3.8) is 0 Å². The maximum absolute atomic E-state index is 11.5. The van der Waals surface area contributed by atoms with Crippen molar-refractivity contribution < 1.29 is 5.11 Å². The minimum atomic E-state index is -0.374. The zero-order valence-corrected chi connectivity index (χ0v) is 8.87. The molecular weight excluding hydrogens is 216 g/mol. The van der Waals surface area contributed by atoms with Crippen molar-refractivity contribution in [3.8, 4) is 0 Å². The Kier molecular flexibility index (Phi) is 2.97. The molecule has 0 bridgehead atoms. The molecule has 15 heavy (non-hydrogen) atoms. The molecule has 0 aromatic carbocycles. The zero-order valence-electron chi connectivity index (χ0n) is 8.05. The minimum absolute atomic E-state index is 0.0801. The molecule has 1 saturated heterocycles. The Bertz CT molecular complexity index is 453. The van der Waals surface area contributed by atoms with Gasteiger partial charge in [0.15, 0.2) is 0 Å². The normalized spacial score (nSPS) is 25.7. The molecule has 0 amide bonds. The number of hydrogen-bond acceptors (Lipinski definition) is 4. The van der Waals surface area contributed by atoms with Crippen molar-refractivity contribution in [3.05, 3.63) is 33.1 Å². The summed E-state index contributed by atoms with van der Waals surface area (Å²) in [6, 6.07) is 1.43. The predicted molar refractivity (Wildman–Crippen MR) is 58.3 cm³/mol. The number of nitrogens with zero attached hydrogens (tertiary/aromatic N) is 1. The first-order valence-corrected chi connectivity index (χ1v) is 5.79. The van der Waals surface area contributed by atoms with Crippen molar-refractivity contribution in [2.75, 3.05) is 12.4 Å². The molecule has 2 rings (SSSR count). The fourth-order valence-corrected chi connectivity index (χ4v) is 2.98. The van der Waals surface area contributed by atoms with E-state index in [1.807, 2.05) is 0 Å². The highest BCUT2D eigenvalue weighted by Crippen LogP contribution is 2.33. The molecule has 1 fully saturated rings. The molecule has 1 aromatic heterocycles. The summed E-state index contributed by atoms with van der Waals surface area (Å²) < 4.78 is 1.53. The predicted octanol–water partition coefficient (Wildman–Crippen LogP) is -0.425. The van der Waals surface area contributed by atoms with Gasteiger partial charge in [0.1, 0.15) is 0 Å². The summed E-state index contributed by atoms with van der Waals surface area (Å²) >= 11 is 1.66. The molecule has 0 saturated carbocycles. The number of aliphatic hydroxyl groups is 1. The lowest BCUT2D eigenvalue weighted by atomic mass is 10.2. The highest BCUT2D eigenvalue weighted by Gasteiger charge is 2.26. The van der Waals surface area contributed by atoms with Crippen LogP contribution in [-0.2, 0) is 0 Å². The van der Waals surface area contributed by atoms with E-state index in [1.165, 1.54) is 16.8 Å². The van der Waals surface area contributed by atoms with Crippen LogP contribution in [0.15, 0.2) is 21.9 Å². The maximum atomic E-state index is 11.5. The summed E-state index contributed by atoms with van der Waals surface area (Å²) in [5.74, 6) is 0.803. The van der Waals surface area contributed by atoms with E-state index in [1.54, 1.807) is 11.8 Å². The summed E-state index contributed by atoms with van der Waals surface area (Å²) in [7, 11) is 0. The Morgan fingerprint density at radius 3 is 3.00 bits per heavy atom. The van der Waals surface area contributed by atoms with E-state index >= 15 is 0 Å². The lowest BCUT2D eigenvalue weighted by Crippen LogP contribution is -2.31. The number of H-pyrrole nitrogens is 1. The molecule has 5 nitrogen and oxygen atoms in total. The number of aromatic amines is 1. The maximum Gasteiger partial charge on any atom is 0.328 e. The smallest absolute Gasteiger partial charge is 0.328 e. The molecule has 82 valence electrons. The Morgan fingerprint density at radius 1 is 1.60 bits per heavy atom. The Morgan fingerprint density at radius 2 is 2.40 bits per heavy atom. The number of thioether (sulfide) groups is 1. The van der Waals surface area contributed by atoms with E-state index < -0.39 is 0 Å². The molecule has 2 unspecified atom stereocenters. The second-order valence-electron chi connectivity index (χ2n) is 3.54. The van der Waals surface area contributed by atoms with Gasteiger partial charge in [-0.1, -0.05) is 0 Å². The first-order valence-electron chi connectivity index (χ1n) is 4.74. The summed E-state index contributed by atoms with van der Waals surface area (Å²) in [6.45, 7) is 0.138. The van der Waals surface area contributed by atoms with Gasteiger partial charge in [-0.2, -0.15) is 11.8 Å². The number of nitrogens with one attached hydrogen (secondary N) is 1. The van der Waals surface area contributed by atoms with Gasteiger partial charge in [-0.15, -0.1) is 0 Å². The van der Waals surface area contributed by atoms with Crippen LogP contribution < -0.4 is 11.2 Å². The molecule has 2 N–H and O–H groups in total. The van der Waals surface area contributed by atoms with Gasteiger partial charge in [-0.25, -0.2) is 4.79 Å². The number of aliphatic hydroxyl groups excluding tert-OH is 1. The standard InChI is InChI=1S/C9H12N2O3S/c12-4-7-3-6(5-15-7)11-2-1-8(13)10-9(11)14/h1-2,6-7,12H,3-5H2,(H,10,13,14). The molecule has 2 atom stereocenters. The van der Waals surface area contributed by atoms with E-state index in [4.69, 9.17) is 5.11 Å². The van der Waals surface area contributed by atoms with Crippen LogP contribution in [0.3, 0.4) is 0 Å². The summed E-state index contributed by atoms with van der Waals surface area (Å²) in [5, 5.41) is 9.18. The molecule has 0 radical (unpaired) electrons. The fourth-order valence-electron chi connectivity index (χ4n) is 1.72. The van der Waals surface area contributed by atoms with Gasteiger partial charge in [-0.3, -0.25) is 14.3 Å². The Balaban J connectivity index is 2.24. The highest BCUT2D eigenvalue weighted by molar-refractivity contribution is 8.00. The summed E-state index contributed by atoms with van der Waals surface area (Å²) in [5.41, 5.74) is -0.743. The second-order valence-corrected chi connectivity index (χ2v) is 4.88. The average Bonchev–Trinajstić information content (AvgIpc) is 2.66. The lowest BCUT2D eigenvalue weighted by Gasteiger charge is -2.11. The first kappa shape index (κ1) is 10.5. The lowest BCUT2D eigenvalue weighted by molar-refractivity contribution is 0.285. The van der Waals surface area contributed by atoms with E-state index in [-0.39, 0.29) is 29.1 Å². The van der Waals surface area contributed by atoms with Crippen molar-refractivity contribution in [2.24, 2.45) is 0 Å². The number of aromatic nitrogens is 2. The van der Waals surface area contributed by atoms with Gasteiger partial charge in [0.25, 0.3) is 5.56 Å². The third-order valence-corrected chi connectivity index (χ3v) is 3.90. The van der Waals surface area contributed by atoms with Gasteiger partial charge in [0, 0.05) is 29.3 Å². The highest BCUT2D eigenvalue weighted by atomic mass is 32.2. The van der Waals surface area contributed by atoms with Crippen molar-refractivity contribution in [1.29, 1.82) is 0 Å². The first-order chi connectivity index (χ1) is 7.20. The fraction of sp³-hybridized carbons (Fsp3) is 0.556. The van der Waals surface area contributed by atoms with Crippen LogP contribution >= 0.6 is 11.8 Å². The molecule has 1 aliphatic rings. The van der Waals surface area contributed by atoms with E-state index in [9.17, 15) is 9.59 Å². The van der Waals surface area contributed by atoms with Crippen molar-refractivity contribution in [2.45, 2.75) is 17.7 Å². The largest absolute Gasteiger partial charge is 0.395 e. The summed E-state index contributed by atoms with van der Waals surface area (Å²) in [4.78, 5) is 24.6. The monoisotopic (exact) mass is 228 g/mol. The second kappa shape index (κ2) is 4.24. The zero-order chi connectivity index (χ0) is 10.8. The number of hydrogen-bond donors (Lipinski definition) is 2. The minimum Gasteiger partial charge on any atom is -0.395 e. The molecule has 0 aliphatic carbocycles. The van der Waals surface area contributed by atoms with Gasteiger partial charge in [-0.05, 0) is 6.42 Å². The average molecular weight is 228 g/mol. The Hall–Kier alpha value is -1.01. The van der Waals surface area contributed by atoms with Crippen molar-refractivity contribution in [1.82, 2.24) is 9.55 Å². The van der Waals surface area contributed by atoms with E-state index in [0.717, 1.165) is 12.2 Å². The SMILES string of the molecule is O=c1ccn(C2CSC(CO)C2)c(=O)[nH]1. The van der Waals surface area contributed by atoms with Crippen LogP contribution in [0.1, 0.15) is 12.5 Å². The molecule has 1 aromatic rings. The van der Waals surface area contributed by atoms with Gasteiger partial charge >= 0.3 is 5.69 Å². The molecule has 1 aliphatic heterocycles. The van der Waals surface area contributed by atoms with Crippen LogP contribution in [0.4, 0.5) is 0 Å². The quantitative estimate of drug-likeness (QED) is 0.720. The van der Waals surface area contributed by atoms with Crippen LogP contribution in [0, 0.1) is 0 Å². The van der Waals surface area contributed by atoms with Crippen molar-refractivity contribution >= 4 is 11.8 Å². The van der Waals surface area contributed by atoms with Gasteiger partial charge in [0.05, 0.1) is 6.61 Å². The topological polar surface area (TPSA) is 75.1 Å². The van der Waals surface area contributed by atoms with Gasteiger partial charge in [0.2, 0.25) is 0 Å². The summed E-state index contributed by atoms with van der Waals surface area (Å²) in [6.07, 6.45) is 2.29. The third kappa shape index (κ3) is 2.15. The Labute approximate surface area is 90.1 Å². The van der Waals surface area contributed by atoms with E-state index in [2.05, 4.69) is 4.98 Å². The van der Waals surface area contributed by atoms with Crippen LogP contribution in [0.25, 0.3) is 0 Å². The molecular formula is C9H12N2O3S. The molecule has 6 heteroatoms. The van der Waals surface area contributed by atoms with Crippen LogP contribution in [0.2, 0.25) is 0 Å².